The molecule has 0 saturated carbocycles. The lowest BCUT2D eigenvalue weighted by atomic mass is 10.2. The van der Waals surface area contributed by atoms with Crippen molar-refractivity contribution in [1.29, 1.82) is 0 Å². The number of hydrogen-bond donors (Lipinski definition) is 1. The first-order valence-electron chi connectivity index (χ1n) is 4.99. The minimum atomic E-state index is -1.30. The molecular formula is C10H9F2N5O. The second kappa shape index (κ2) is 4.86. The number of halogens is 2. The molecule has 0 aliphatic carbocycles. The molecule has 18 heavy (non-hydrogen) atoms. The van der Waals surface area contributed by atoms with Crippen LogP contribution in [0.15, 0.2) is 18.6 Å². The highest BCUT2D eigenvalue weighted by molar-refractivity contribution is 5.94. The average Bonchev–Trinajstić information content (AvgIpc) is 2.84. The number of nitrogens with zero attached hydrogens (tertiary/aromatic N) is 4. The molecule has 1 N–H and O–H groups in total. The zero-order chi connectivity index (χ0) is 13.1. The number of H-pyrrole nitrogens is 1. The first kappa shape index (κ1) is 12.1. The molecule has 1 amide bonds. The highest BCUT2D eigenvalue weighted by Crippen LogP contribution is 2.12. The first-order chi connectivity index (χ1) is 8.59. The van der Waals surface area contributed by atoms with Gasteiger partial charge in [0.05, 0.1) is 12.1 Å². The predicted octanol–water partition coefficient (Wildman–Crippen LogP) is 0.750. The summed E-state index contributed by atoms with van der Waals surface area (Å²) in [4.78, 5) is 20.0. The van der Waals surface area contributed by atoms with E-state index in [1.807, 2.05) is 0 Å². The first-order valence-corrected chi connectivity index (χ1v) is 4.99. The van der Waals surface area contributed by atoms with Gasteiger partial charge in [0.1, 0.15) is 12.2 Å². The third-order valence-corrected chi connectivity index (χ3v) is 2.28. The van der Waals surface area contributed by atoms with Crippen molar-refractivity contribution in [2.24, 2.45) is 0 Å². The van der Waals surface area contributed by atoms with Gasteiger partial charge in [0.25, 0.3) is 5.91 Å². The van der Waals surface area contributed by atoms with E-state index >= 15 is 0 Å². The van der Waals surface area contributed by atoms with Gasteiger partial charge in [-0.05, 0) is 6.07 Å². The van der Waals surface area contributed by atoms with Crippen molar-refractivity contribution in [3.05, 3.63) is 41.7 Å². The molecule has 0 saturated heterocycles. The molecule has 0 atom stereocenters. The summed E-state index contributed by atoms with van der Waals surface area (Å²) in [7, 11) is 1.45. The summed E-state index contributed by atoms with van der Waals surface area (Å²) in [5, 5.41) is 6.19. The zero-order valence-corrected chi connectivity index (χ0v) is 9.39. The summed E-state index contributed by atoms with van der Waals surface area (Å²) in [6, 6.07) is 1.12. The van der Waals surface area contributed by atoms with Crippen LogP contribution < -0.4 is 0 Å². The normalized spacial score (nSPS) is 10.4. The fourth-order valence-electron chi connectivity index (χ4n) is 1.39. The van der Waals surface area contributed by atoms with E-state index in [-0.39, 0.29) is 12.1 Å². The third-order valence-electron chi connectivity index (χ3n) is 2.28. The Morgan fingerprint density at radius 2 is 2.22 bits per heavy atom. The topological polar surface area (TPSA) is 74.8 Å². The maximum atomic E-state index is 13.4. The molecule has 2 rings (SSSR count). The van der Waals surface area contributed by atoms with Gasteiger partial charge in [-0.3, -0.25) is 9.89 Å². The molecule has 2 aromatic rings. The number of aromatic amines is 1. The lowest BCUT2D eigenvalue weighted by molar-refractivity contribution is 0.0775. The van der Waals surface area contributed by atoms with Gasteiger partial charge < -0.3 is 4.90 Å². The van der Waals surface area contributed by atoms with Gasteiger partial charge in [-0.15, -0.1) is 0 Å². The molecule has 0 aliphatic rings. The molecule has 0 fully saturated rings. The van der Waals surface area contributed by atoms with Crippen LogP contribution in [-0.2, 0) is 6.54 Å². The SMILES string of the molecule is CN(Cc1ncn[nH]1)C(=O)c1ccnc(F)c1F. The molecule has 0 radical (unpaired) electrons. The molecular weight excluding hydrogens is 244 g/mol. The number of pyridine rings is 1. The van der Waals surface area contributed by atoms with E-state index in [4.69, 9.17) is 0 Å². The largest absolute Gasteiger partial charge is 0.334 e. The zero-order valence-electron chi connectivity index (χ0n) is 9.39. The lowest BCUT2D eigenvalue weighted by Gasteiger charge is -2.15. The second-order valence-electron chi connectivity index (χ2n) is 3.56. The smallest absolute Gasteiger partial charge is 0.257 e. The Hall–Kier alpha value is -2.38. The Labute approximate surface area is 101 Å². The minimum absolute atomic E-state index is 0.113. The number of carbonyl (C=O) groups is 1. The van der Waals surface area contributed by atoms with E-state index in [1.165, 1.54) is 18.3 Å². The summed E-state index contributed by atoms with van der Waals surface area (Å²) in [6.45, 7) is 0.113. The third kappa shape index (κ3) is 2.31. The van der Waals surface area contributed by atoms with E-state index in [0.717, 1.165) is 12.3 Å². The maximum Gasteiger partial charge on any atom is 0.257 e. The van der Waals surface area contributed by atoms with Gasteiger partial charge in [0, 0.05) is 13.2 Å². The van der Waals surface area contributed by atoms with Crippen LogP contribution in [0.4, 0.5) is 8.78 Å². The fraction of sp³-hybridized carbons (Fsp3) is 0.200. The molecule has 0 spiro atoms. The van der Waals surface area contributed by atoms with Crippen LogP contribution in [0, 0.1) is 11.8 Å². The number of rotatable bonds is 3. The highest BCUT2D eigenvalue weighted by atomic mass is 19.2. The van der Waals surface area contributed by atoms with Gasteiger partial charge in [0.15, 0.2) is 5.82 Å². The summed E-state index contributed by atoms with van der Waals surface area (Å²) < 4.78 is 26.3. The average molecular weight is 253 g/mol. The summed E-state index contributed by atoms with van der Waals surface area (Å²) >= 11 is 0. The Bertz CT molecular complexity index is 557. The van der Waals surface area contributed by atoms with Crippen molar-refractivity contribution in [2.45, 2.75) is 6.54 Å². The molecule has 2 heterocycles. The highest BCUT2D eigenvalue weighted by Gasteiger charge is 2.20. The molecule has 0 unspecified atom stereocenters. The van der Waals surface area contributed by atoms with Crippen LogP contribution in [-0.4, -0.2) is 38.0 Å². The van der Waals surface area contributed by atoms with Crippen molar-refractivity contribution >= 4 is 5.91 Å². The van der Waals surface area contributed by atoms with Crippen LogP contribution in [0.25, 0.3) is 0 Å². The van der Waals surface area contributed by atoms with E-state index in [1.54, 1.807) is 0 Å². The maximum absolute atomic E-state index is 13.4. The van der Waals surface area contributed by atoms with E-state index < -0.39 is 17.7 Å². The van der Waals surface area contributed by atoms with Gasteiger partial charge in [-0.2, -0.15) is 9.49 Å². The van der Waals surface area contributed by atoms with Crippen LogP contribution in [0.5, 0.6) is 0 Å². The molecule has 8 heteroatoms. The Morgan fingerprint density at radius 3 is 2.89 bits per heavy atom. The van der Waals surface area contributed by atoms with Gasteiger partial charge in [0.2, 0.25) is 5.95 Å². The predicted molar refractivity (Wildman–Crippen MR) is 56.3 cm³/mol. The standard InChI is InChI=1S/C10H9F2N5O/c1-17(4-7-14-5-15-16-7)10(18)6-2-3-13-9(12)8(6)11/h2-3,5H,4H2,1H3,(H,14,15,16). The van der Waals surface area contributed by atoms with Gasteiger partial charge in [-0.1, -0.05) is 0 Å². The van der Waals surface area contributed by atoms with E-state index in [0.29, 0.717) is 5.82 Å². The van der Waals surface area contributed by atoms with Gasteiger partial charge in [-0.25, -0.2) is 14.4 Å². The number of aromatic nitrogens is 4. The Kier molecular flexibility index (Phi) is 3.26. The molecule has 0 bridgehead atoms. The number of amides is 1. The summed E-state index contributed by atoms with van der Waals surface area (Å²) in [5.74, 6) is -2.77. The fourth-order valence-corrected chi connectivity index (χ4v) is 1.39. The molecule has 6 nitrogen and oxygen atoms in total. The minimum Gasteiger partial charge on any atom is -0.334 e. The van der Waals surface area contributed by atoms with Crippen molar-refractivity contribution in [2.75, 3.05) is 7.05 Å². The van der Waals surface area contributed by atoms with Crippen LogP contribution >= 0.6 is 0 Å². The van der Waals surface area contributed by atoms with Crippen molar-refractivity contribution < 1.29 is 13.6 Å². The second-order valence-corrected chi connectivity index (χ2v) is 3.56. The van der Waals surface area contributed by atoms with Crippen molar-refractivity contribution in [1.82, 2.24) is 25.1 Å². The van der Waals surface area contributed by atoms with Crippen LogP contribution in [0.2, 0.25) is 0 Å². The Morgan fingerprint density at radius 1 is 1.44 bits per heavy atom. The molecule has 0 aliphatic heterocycles. The number of carbonyl (C=O) groups excluding carboxylic acids is 1. The number of hydrogen-bond acceptors (Lipinski definition) is 4. The monoisotopic (exact) mass is 253 g/mol. The van der Waals surface area contributed by atoms with E-state index in [2.05, 4.69) is 20.2 Å². The van der Waals surface area contributed by atoms with Crippen molar-refractivity contribution in [3.8, 4) is 0 Å². The van der Waals surface area contributed by atoms with Crippen molar-refractivity contribution in [3.63, 3.8) is 0 Å². The summed E-state index contributed by atoms with van der Waals surface area (Å²) in [6.07, 6.45) is 2.33. The Balaban J connectivity index is 2.18. The summed E-state index contributed by atoms with van der Waals surface area (Å²) in [5.41, 5.74) is -0.371. The van der Waals surface area contributed by atoms with Crippen LogP contribution in [0.1, 0.15) is 16.2 Å². The molecule has 0 aromatic carbocycles. The quantitative estimate of drug-likeness (QED) is 0.819. The molecule has 94 valence electrons. The lowest BCUT2D eigenvalue weighted by Crippen LogP contribution is -2.28. The van der Waals surface area contributed by atoms with E-state index in [9.17, 15) is 13.6 Å². The van der Waals surface area contributed by atoms with Gasteiger partial charge >= 0.3 is 0 Å². The van der Waals surface area contributed by atoms with Crippen LogP contribution in [0.3, 0.4) is 0 Å². The number of nitrogens with one attached hydrogen (secondary N) is 1. The molecule has 2 aromatic heterocycles.